The van der Waals surface area contributed by atoms with Crippen molar-refractivity contribution >= 4 is 5.78 Å². The number of carbonyl (C=O) groups is 1. The topological polar surface area (TPSA) is 46.5 Å². The van der Waals surface area contributed by atoms with Gasteiger partial charge in [0.2, 0.25) is 0 Å². The van der Waals surface area contributed by atoms with Gasteiger partial charge in [-0.15, -0.1) is 0 Å². The first kappa shape index (κ1) is 15.2. The predicted octanol–water partition coefficient (Wildman–Crippen LogP) is 3.53. The first-order chi connectivity index (χ1) is 10.1. The van der Waals surface area contributed by atoms with E-state index in [1.165, 1.54) is 12.1 Å². The number of hydrogen-bond acceptors (Lipinski definition) is 3. The highest BCUT2D eigenvalue weighted by Gasteiger charge is 2.15. The molecule has 3 nitrogen and oxygen atoms in total. The molecule has 4 heteroatoms. The van der Waals surface area contributed by atoms with Crippen molar-refractivity contribution in [2.45, 2.75) is 19.4 Å². The number of ether oxygens (including phenoxy) is 1. The molecule has 0 saturated carbocycles. The third-order valence-electron chi connectivity index (χ3n) is 3.17. The molecule has 0 aromatic heterocycles. The monoisotopic (exact) mass is 288 g/mol. The highest BCUT2D eigenvalue weighted by atomic mass is 19.1. The van der Waals surface area contributed by atoms with E-state index in [2.05, 4.69) is 0 Å². The summed E-state index contributed by atoms with van der Waals surface area (Å²) in [6.07, 6.45) is -0.716. The summed E-state index contributed by atoms with van der Waals surface area (Å²) in [6, 6.07) is 12.8. The summed E-state index contributed by atoms with van der Waals surface area (Å²) in [4.78, 5) is 11.8. The van der Waals surface area contributed by atoms with Crippen LogP contribution < -0.4 is 4.74 Å². The van der Waals surface area contributed by atoms with Gasteiger partial charge in [-0.3, -0.25) is 4.79 Å². The summed E-state index contributed by atoms with van der Waals surface area (Å²) >= 11 is 0. The largest absolute Gasteiger partial charge is 0.490 e. The van der Waals surface area contributed by atoms with Gasteiger partial charge in [0.05, 0.1) is 5.56 Å². The van der Waals surface area contributed by atoms with Crippen molar-refractivity contribution in [3.63, 3.8) is 0 Å². The van der Waals surface area contributed by atoms with Crippen LogP contribution in [0.25, 0.3) is 0 Å². The lowest BCUT2D eigenvalue weighted by Crippen LogP contribution is -2.13. The van der Waals surface area contributed by atoms with Crippen LogP contribution in [0.5, 0.6) is 5.75 Å². The molecule has 0 spiro atoms. The highest BCUT2D eigenvalue weighted by molar-refractivity contribution is 5.98. The predicted molar refractivity (Wildman–Crippen MR) is 77.9 cm³/mol. The lowest BCUT2D eigenvalue weighted by Gasteiger charge is -2.15. The molecule has 0 fully saturated rings. The highest BCUT2D eigenvalue weighted by Crippen LogP contribution is 2.22. The molecule has 0 heterocycles. The fourth-order valence-corrected chi connectivity index (χ4v) is 2.02. The van der Waals surface area contributed by atoms with Crippen molar-refractivity contribution < 1.29 is 19.0 Å². The van der Waals surface area contributed by atoms with Gasteiger partial charge in [0, 0.05) is 12.0 Å². The molecule has 21 heavy (non-hydrogen) atoms. The number of aliphatic hydroxyl groups excluding tert-OH is 1. The molecule has 0 saturated heterocycles. The molecular formula is C17H17FO3. The molecule has 0 radical (unpaired) electrons. The SMILES string of the molecule is CCC(=O)c1ccccc1OCC(O)c1ccccc1F. The minimum absolute atomic E-state index is 0.0361. The van der Waals surface area contributed by atoms with Crippen molar-refractivity contribution in [1.29, 1.82) is 0 Å². The Bertz CT molecular complexity index is 625. The molecule has 110 valence electrons. The Kier molecular flexibility index (Phi) is 5.06. The second kappa shape index (κ2) is 6.99. The smallest absolute Gasteiger partial charge is 0.166 e. The number of hydrogen-bond donors (Lipinski definition) is 1. The van der Waals surface area contributed by atoms with Crippen LogP contribution in [0.4, 0.5) is 4.39 Å². The van der Waals surface area contributed by atoms with E-state index in [-0.39, 0.29) is 18.0 Å². The summed E-state index contributed by atoms with van der Waals surface area (Å²) in [7, 11) is 0. The average molecular weight is 288 g/mol. The van der Waals surface area contributed by atoms with Crippen molar-refractivity contribution in [1.82, 2.24) is 0 Å². The first-order valence-corrected chi connectivity index (χ1v) is 6.81. The van der Waals surface area contributed by atoms with Gasteiger partial charge in [0.25, 0.3) is 0 Å². The van der Waals surface area contributed by atoms with Gasteiger partial charge in [-0.2, -0.15) is 0 Å². The summed E-state index contributed by atoms with van der Waals surface area (Å²) < 4.78 is 19.1. The zero-order valence-corrected chi connectivity index (χ0v) is 11.8. The van der Waals surface area contributed by atoms with Gasteiger partial charge >= 0.3 is 0 Å². The molecule has 0 aliphatic heterocycles. The molecule has 1 unspecified atom stereocenters. The normalized spacial score (nSPS) is 12.0. The van der Waals surface area contributed by atoms with Crippen LogP contribution in [0.15, 0.2) is 48.5 Å². The minimum atomic E-state index is -1.09. The Morgan fingerprint density at radius 1 is 1.19 bits per heavy atom. The second-order valence-corrected chi connectivity index (χ2v) is 4.62. The van der Waals surface area contributed by atoms with E-state index in [1.54, 1.807) is 43.3 Å². The van der Waals surface area contributed by atoms with Crippen molar-refractivity contribution in [2.24, 2.45) is 0 Å². The number of carbonyl (C=O) groups excluding carboxylic acids is 1. The van der Waals surface area contributed by atoms with Gasteiger partial charge in [0.1, 0.15) is 24.3 Å². The molecule has 0 amide bonds. The van der Waals surface area contributed by atoms with Crippen LogP contribution in [-0.4, -0.2) is 17.5 Å². The van der Waals surface area contributed by atoms with E-state index < -0.39 is 11.9 Å². The Morgan fingerprint density at radius 2 is 1.86 bits per heavy atom. The number of rotatable bonds is 6. The van der Waals surface area contributed by atoms with E-state index in [4.69, 9.17) is 4.74 Å². The fourth-order valence-electron chi connectivity index (χ4n) is 2.02. The Hall–Kier alpha value is -2.20. The Balaban J connectivity index is 2.10. The molecule has 1 N–H and O–H groups in total. The lowest BCUT2D eigenvalue weighted by molar-refractivity contribution is 0.0950. The summed E-state index contributed by atoms with van der Waals surface area (Å²) in [5.41, 5.74) is 0.650. The van der Waals surface area contributed by atoms with Crippen molar-refractivity contribution in [3.05, 3.63) is 65.5 Å². The van der Waals surface area contributed by atoms with Crippen LogP contribution in [0.3, 0.4) is 0 Å². The van der Waals surface area contributed by atoms with Crippen molar-refractivity contribution in [2.75, 3.05) is 6.61 Å². The number of ketones is 1. The molecule has 2 aromatic carbocycles. The van der Waals surface area contributed by atoms with Crippen molar-refractivity contribution in [3.8, 4) is 5.75 Å². The average Bonchev–Trinajstić information content (AvgIpc) is 2.52. The third kappa shape index (κ3) is 3.67. The number of halogens is 1. The van der Waals surface area contributed by atoms with Gasteiger partial charge in [-0.05, 0) is 18.2 Å². The molecular weight excluding hydrogens is 271 g/mol. The van der Waals surface area contributed by atoms with Crippen LogP contribution in [-0.2, 0) is 0 Å². The quantitative estimate of drug-likeness (QED) is 0.827. The summed E-state index contributed by atoms with van der Waals surface area (Å²) in [5.74, 6) is -0.114. The van der Waals surface area contributed by atoms with E-state index >= 15 is 0 Å². The third-order valence-corrected chi connectivity index (χ3v) is 3.17. The zero-order valence-electron chi connectivity index (χ0n) is 11.8. The summed E-state index contributed by atoms with van der Waals surface area (Å²) in [5, 5.41) is 10.00. The number of para-hydroxylation sites is 1. The zero-order chi connectivity index (χ0) is 15.2. The fraction of sp³-hybridized carbons (Fsp3) is 0.235. The second-order valence-electron chi connectivity index (χ2n) is 4.62. The summed E-state index contributed by atoms with van der Waals surface area (Å²) in [6.45, 7) is 1.66. The maximum atomic E-state index is 13.6. The van der Waals surface area contributed by atoms with Crippen LogP contribution >= 0.6 is 0 Å². The maximum absolute atomic E-state index is 13.6. The standard InChI is InChI=1S/C17H17FO3/c1-2-15(19)13-8-4-6-10-17(13)21-11-16(20)12-7-3-5-9-14(12)18/h3-10,16,20H,2,11H2,1H3. The van der Waals surface area contributed by atoms with E-state index in [0.717, 1.165) is 0 Å². The first-order valence-electron chi connectivity index (χ1n) is 6.81. The number of benzene rings is 2. The molecule has 0 aliphatic rings. The van der Waals surface area contributed by atoms with Gasteiger partial charge in [-0.25, -0.2) is 4.39 Å². The van der Waals surface area contributed by atoms with Crippen LogP contribution in [0.2, 0.25) is 0 Å². The number of Topliss-reactive ketones (excluding diaryl/α,β-unsaturated/α-hetero) is 1. The Labute approximate surface area is 123 Å². The minimum Gasteiger partial charge on any atom is -0.490 e. The van der Waals surface area contributed by atoms with Gasteiger partial charge < -0.3 is 9.84 Å². The van der Waals surface area contributed by atoms with Crippen LogP contribution in [0.1, 0.15) is 35.4 Å². The lowest BCUT2D eigenvalue weighted by atomic mass is 10.1. The van der Waals surface area contributed by atoms with Gasteiger partial charge in [-0.1, -0.05) is 37.3 Å². The Morgan fingerprint density at radius 3 is 2.57 bits per heavy atom. The molecule has 2 rings (SSSR count). The van der Waals surface area contributed by atoms with E-state index in [1.807, 2.05) is 0 Å². The molecule has 0 aliphatic carbocycles. The molecule has 2 aromatic rings. The number of aliphatic hydroxyl groups is 1. The van der Waals surface area contributed by atoms with Crippen LogP contribution in [0, 0.1) is 5.82 Å². The molecule has 1 atom stereocenters. The molecule has 0 bridgehead atoms. The van der Waals surface area contributed by atoms with E-state index in [0.29, 0.717) is 17.7 Å². The van der Waals surface area contributed by atoms with Gasteiger partial charge in [0.15, 0.2) is 5.78 Å². The maximum Gasteiger partial charge on any atom is 0.166 e. The van der Waals surface area contributed by atoms with E-state index in [9.17, 15) is 14.3 Å².